The molecule has 1 heterocycles. The van der Waals surface area contributed by atoms with Crippen molar-refractivity contribution in [2.75, 3.05) is 23.9 Å². The summed E-state index contributed by atoms with van der Waals surface area (Å²) in [5.41, 5.74) is 5.57. The summed E-state index contributed by atoms with van der Waals surface area (Å²) in [4.78, 5) is 21.1. The Morgan fingerprint density at radius 3 is 1.85 bits per heavy atom. The van der Waals surface area contributed by atoms with E-state index in [1.165, 1.54) is 0 Å². The van der Waals surface area contributed by atoms with Gasteiger partial charge in [0.2, 0.25) is 0 Å². The lowest BCUT2D eigenvalue weighted by Gasteiger charge is -2.24. The van der Waals surface area contributed by atoms with E-state index < -0.39 is 0 Å². The van der Waals surface area contributed by atoms with Crippen LogP contribution in [-0.2, 0) is 6.54 Å². The summed E-state index contributed by atoms with van der Waals surface area (Å²) in [6, 6.07) is 25.2. The molecule has 1 amide bonds. The van der Waals surface area contributed by atoms with E-state index in [2.05, 4.69) is 46.3 Å². The van der Waals surface area contributed by atoms with Crippen molar-refractivity contribution >= 4 is 40.5 Å². The van der Waals surface area contributed by atoms with Crippen LogP contribution in [0.2, 0.25) is 10.0 Å². The maximum Gasteiger partial charge on any atom is 0.258 e. The molecule has 4 rings (SSSR count). The Hall–Kier alpha value is -3.34. The van der Waals surface area contributed by atoms with Crippen LogP contribution in [0.15, 0.2) is 91.3 Å². The number of amides is 1. The summed E-state index contributed by atoms with van der Waals surface area (Å²) in [5.74, 6) is -0.154. The van der Waals surface area contributed by atoms with Gasteiger partial charge in [0.15, 0.2) is 0 Å². The molecule has 0 aliphatic carbocycles. The summed E-state index contributed by atoms with van der Waals surface area (Å²) in [6.45, 7) is 0.373. The van der Waals surface area contributed by atoms with Gasteiger partial charge in [-0.2, -0.15) is 0 Å². The van der Waals surface area contributed by atoms with Crippen molar-refractivity contribution < 1.29 is 4.79 Å². The van der Waals surface area contributed by atoms with Crippen molar-refractivity contribution in [2.24, 2.45) is 0 Å². The monoisotopic (exact) mass is 475 g/mol. The van der Waals surface area contributed by atoms with E-state index in [1.54, 1.807) is 47.6 Å². The minimum Gasteiger partial charge on any atom is -0.378 e. The normalized spacial score (nSPS) is 10.7. The minimum absolute atomic E-state index is 0.154. The van der Waals surface area contributed by atoms with Gasteiger partial charge in [-0.1, -0.05) is 59.6 Å². The van der Waals surface area contributed by atoms with Crippen LogP contribution in [0.5, 0.6) is 0 Å². The molecule has 33 heavy (non-hydrogen) atoms. The van der Waals surface area contributed by atoms with Gasteiger partial charge in [-0.3, -0.25) is 9.78 Å². The largest absolute Gasteiger partial charge is 0.378 e. The minimum atomic E-state index is -0.154. The Morgan fingerprint density at radius 2 is 1.30 bits per heavy atom. The van der Waals surface area contributed by atoms with Gasteiger partial charge >= 0.3 is 0 Å². The molecular weight excluding hydrogens is 453 g/mol. The van der Waals surface area contributed by atoms with Crippen molar-refractivity contribution in [1.82, 2.24) is 4.98 Å². The van der Waals surface area contributed by atoms with Crippen molar-refractivity contribution in [3.05, 3.63) is 112 Å². The van der Waals surface area contributed by atoms with Crippen molar-refractivity contribution in [1.29, 1.82) is 0 Å². The number of aromatic nitrogens is 1. The zero-order valence-electron chi connectivity index (χ0n) is 18.4. The molecule has 0 saturated carbocycles. The average molecular weight is 476 g/mol. The second-order valence-corrected chi connectivity index (χ2v) is 8.77. The Morgan fingerprint density at radius 1 is 0.758 bits per heavy atom. The van der Waals surface area contributed by atoms with Gasteiger partial charge in [-0.15, -0.1) is 0 Å². The predicted octanol–water partition coefficient (Wildman–Crippen LogP) is 6.97. The Bertz CT molecular complexity index is 1220. The van der Waals surface area contributed by atoms with E-state index in [9.17, 15) is 4.79 Å². The topological polar surface area (TPSA) is 36.4 Å². The molecule has 0 bridgehead atoms. The van der Waals surface area contributed by atoms with E-state index >= 15 is 0 Å². The number of carbonyl (C=O) groups excluding carboxylic acids is 1. The van der Waals surface area contributed by atoms with Gasteiger partial charge in [-0.05, 0) is 59.2 Å². The number of hydrogen-bond donors (Lipinski definition) is 0. The number of rotatable bonds is 6. The molecule has 0 aliphatic rings. The second-order valence-electron chi connectivity index (χ2n) is 7.89. The fraction of sp³-hybridized carbons (Fsp3) is 0.111. The third-order valence-electron chi connectivity index (χ3n) is 5.34. The van der Waals surface area contributed by atoms with E-state index in [4.69, 9.17) is 23.2 Å². The molecule has 4 aromatic rings. The molecule has 1 aromatic heterocycles. The first kappa shape index (κ1) is 22.8. The van der Waals surface area contributed by atoms with E-state index in [-0.39, 0.29) is 5.91 Å². The zero-order valence-corrected chi connectivity index (χ0v) is 19.9. The molecular formula is C27H23Cl2N3O. The lowest BCUT2D eigenvalue weighted by atomic mass is 10.0. The van der Waals surface area contributed by atoms with E-state index in [1.807, 2.05) is 26.2 Å². The van der Waals surface area contributed by atoms with Crippen LogP contribution in [0, 0.1) is 0 Å². The number of carbonyl (C=O) groups is 1. The maximum atomic E-state index is 13.4. The molecule has 0 spiro atoms. The summed E-state index contributed by atoms with van der Waals surface area (Å²) >= 11 is 12.5. The number of benzene rings is 3. The Labute approximate surface area is 204 Å². The fourth-order valence-corrected chi connectivity index (χ4v) is 4.08. The van der Waals surface area contributed by atoms with Crippen LogP contribution in [0.1, 0.15) is 15.9 Å². The highest BCUT2D eigenvalue weighted by molar-refractivity contribution is 6.35. The molecule has 0 N–H and O–H groups in total. The van der Waals surface area contributed by atoms with Crippen LogP contribution in [-0.4, -0.2) is 25.0 Å². The van der Waals surface area contributed by atoms with Crippen LogP contribution in [0.4, 0.5) is 11.4 Å². The first-order valence-corrected chi connectivity index (χ1v) is 11.2. The highest BCUT2D eigenvalue weighted by Crippen LogP contribution is 2.29. The van der Waals surface area contributed by atoms with Crippen LogP contribution in [0.25, 0.3) is 11.1 Å². The first-order chi connectivity index (χ1) is 15.9. The molecule has 0 saturated heterocycles. The van der Waals surface area contributed by atoms with E-state index in [0.717, 1.165) is 22.4 Å². The lowest BCUT2D eigenvalue weighted by molar-refractivity contribution is 0.0985. The SMILES string of the molecule is CN(C)c1ccc(-c2ccc(CN(C(=O)c3ccncc3)c3cc(Cl)cc(Cl)c3)cc2)cc1. The molecule has 0 fully saturated rings. The van der Waals surface area contributed by atoms with E-state index in [0.29, 0.717) is 27.8 Å². The average Bonchev–Trinajstić information content (AvgIpc) is 2.82. The van der Waals surface area contributed by atoms with Gasteiger partial charge in [0.05, 0.1) is 6.54 Å². The van der Waals surface area contributed by atoms with Gasteiger partial charge < -0.3 is 9.80 Å². The number of nitrogens with zero attached hydrogens (tertiary/aromatic N) is 3. The predicted molar refractivity (Wildman–Crippen MR) is 137 cm³/mol. The van der Waals surface area contributed by atoms with Gasteiger partial charge in [0, 0.05) is 53.5 Å². The van der Waals surface area contributed by atoms with Crippen LogP contribution < -0.4 is 9.80 Å². The molecule has 4 nitrogen and oxygen atoms in total. The molecule has 0 aliphatic heterocycles. The van der Waals surface area contributed by atoms with Crippen LogP contribution in [0.3, 0.4) is 0 Å². The molecule has 0 atom stereocenters. The maximum absolute atomic E-state index is 13.4. The molecule has 166 valence electrons. The number of anilines is 2. The highest BCUT2D eigenvalue weighted by Gasteiger charge is 2.19. The molecule has 0 unspecified atom stereocenters. The number of pyridine rings is 1. The Balaban J connectivity index is 1.62. The standard InChI is InChI=1S/C27H23Cl2N3O/c1-31(2)25-9-7-21(8-10-25)20-5-3-19(4-6-20)18-32(26-16-23(28)15-24(29)17-26)27(33)22-11-13-30-14-12-22/h3-17H,18H2,1-2H3. The Kier molecular flexibility index (Phi) is 6.97. The smallest absolute Gasteiger partial charge is 0.258 e. The van der Waals surface area contributed by atoms with Crippen molar-refractivity contribution in [2.45, 2.75) is 6.54 Å². The third kappa shape index (κ3) is 5.54. The van der Waals surface area contributed by atoms with Crippen LogP contribution >= 0.6 is 23.2 Å². The zero-order chi connectivity index (χ0) is 23.4. The quantitative estimate of drug-likeness (QED) is 0.302. The number of hydrogen-bond acceptors (Lipinski definition) is 3. The summed E-state index contributed by atoms with van der Waals surface area (Å²) in [5, 5.41) is 0.947. The summed E-state index contributed by atoms with van der Waals surface area (Å²) < 4.78 is 0. The summed E-state index contributed by atoms with van der Waals surface area (Å²) in [6.07, 6.45) is 3.21. The molecule has 3 aromatic carbocycles. The van der Waals surface area contributed by atoms with Gasteiger partial charge in [0.1, 0.15) is 0 Å². The summed E-state index contributed by atoms with van der Waals surface area (Å²) in [7, 11) is 4.05. The lowest BCUT2D eigenvalue weighted by Crippen LogP contribution is -2.30. The number of halogens is 2. The molecule has 6 heteroatoms. The van der Waals surface area contributed by atoms with Crippen molar-refractivity contribution in [3.63, 3.8) is 0 Å². The fourth-order valence-electron chi connectivity index (χ4n) is 3.56. The highest BCUT2D eigenvalue weighted by atomic mass is 35.5. The molecule has 0 radical (unpaired) electrons. The second kappa shape index (κ2) is 10.1. The van der Waals surface area contributed by atoms with Crippen molar-refractivity contribution in [3.8, 4) is 11.1 Å². The van der Waals surface area contributed by atoms with Gasteiger partial charge in [0.25, 0.3) is 5.91 Å². The third-order valence-corrected chi connectivity index (χ3v) is 5.78. The first-order valence-electron chi connectivity index (χ1n) is 10.5. The van der Waals surface area contributed by atoms with Gasteiger partial charge in [-0.25, -0.2) is 0 Å².